The number of nitrogens with two attached hydrogens (primary N) is 1. The van der Waals surface area contributed by atoms with Gasteiger partial charge in [-0.05, 0) is 18.2 Å². The van der Waals surface area contributed by atoms with Gasteiger partial charge in [-0.3, -0.25) is 0 Å². The highest BCUT2D eigenvalue weighted by molar-refractivity contribution is 7.89. The summed E-state index contributed by atoms with van der Waals surface area (Å²) in [5, 5.41) is 0.572. The fourth-order valence-corrected chi connectivity index (χ4v) is 2.87. The lowest BCUT2D eigenvalue weighted by Gasteiger charge is -2.03. The molecule has 0 saturated heterocycles. The molecule has 0 saturated carbocycles. The molecule has 5 nitrogen and oxygen atoms in total. The zero-order valence-electron chi connectivity index (χ0n) is 9.60. The largest absolute Gasteiger partial charge is 0.399 e. The van der Waals surface area contributed by atoms with E-state index in [0.29, 0.717) is 17.5 Å². The number of sulfonamides is 1. The molecule has 18 heavy (non-hydrogen) atoms. The Morgan fingerprint density at radius 3 is 2.94 bits per heavy atom. The molecule has 2 aromatic rings. The number of rotatable bonds is 4. The lowest BCUT2D eigenvalue weighted by Crippen LogP contribution is -2.24. The molecule has 6 heteroatoms. The zero-order chi connectivity index (χ0) is 13.2. The van der Waals surface area contributed by atoms with Gasteiger partial charge in [0.2, 0.25) is 10.0 Å². The van der Waals surface area contributed by atoms with Gasteiger partial charge in [0.15, 0.2) is 0 Å². The Kier molecular flexibility index (Phi) is 3.28. The van der Waals surface area contributed by atoms with Gasteiger partial charge in [0.05, 0.1) is 0 Å². The highest BCUT2D eigenvalue weighted by Crippen LogP contribution is 2.24. The summed E-state index contributed by atoms with van der Waals surface area (Å²) in [6.07, 6.45) is 6.88. The maximum absolute atomic E-state index is 12.1. The minimum absolute atomic E-state index is 0.182. The molecular weight excluding hydrogens is 250 g/mol. The second kappa shape index (κ2) is 4.72. The molecule has 94 valence electrons. The number of nitrogens with one attached hydrogen (secondary N) is 2. The lowest BCUT2D eigenvalue weighted by molar-refractivity contribution is 0.583. The van der Waals surface area contributed by atoms with Crippen molar-refractivity contribution in [1.82, 2.24) is 9.71 Å². The number of anilines is 1. The minimum atomic E-state index is -3.56. The van der Waals surface area contributed by atoms with Gasteiger partial charge in [-0.2, -0.15) is 0 Å². The van der Waals surface area contributed by atoms with E-state index in [-0.39, 0.29) is 11.4 Å². The molecule has 0 radical (unpaired) electrons. The van der Waals surface area contributed by atoms with Crippen molar-refractivity contribution in [1.29, 1.82) is 0 Å². The Hall–Kier alpha value is -1.97. The number of hydrogen-bond donors (Lipinski definition) is 3. The molecule has 0 aliphatic rings. The number of H-pyrrole nitrogens is 1. The monoisotopic (exact) mass is 263 g/mol. The van der Waals surface area contributed by atoms with Crippen molar-refractivity contribution in [2.24, 2.45) is 0 Å². The van der Waals surface area contributed by atoms with Crippen LogP contribution in [0.5, 0.6) is 0 Å². The Morgan fingerprint density at radius 2 is 2.22 bits per heavy atom. The zero-order valence-corrected chi connectivity index (χ0v) is 10.4. The van der Waals surface area contributed by atoms with Crippen molar-refractivity contribution in [3.63, 3.8) is 0 Å². The van der Waals surface area contributed by atoms with Gasteiger partial charge < -0.3 is 10.7 Å². The van der Waals surface area contributed by atoms with E-state index in [1.807, 2.05) is 0 Å². The number of benzene rings is 1. The maximum atomic E-state index is 12.1. The first-order chi connectivity index (χ1) is 8.54. The van der Waals surface area contributed by atoms with Crippen LogP contribution in [0.25, 0.3) is 10.9 Å². The first-order valence-corrected chi connectivity index (χ1v) is 6.82. The molecule has 0 aliphatic heterocycles. The Morgan fingerprint density at radius 1 is 1.44 bits per heavy atom. The van der Waals surface area contributed by atoms with Crippen molar-refractivity contribution in [2.45, 2.75) is 11.3 Å². The first-order valence-electron chi connectivity index (χ1n) is 5.34. The van der Waals surface area contributed by atoms with E-state index < -0.39 is 10.0 Å². The van der Waals surface area contributed by atoms with Gasteiger partial charge in [0.1, 0.15) is 4.90 Å². The van der Waals surface area contributed by atoms with Gasteiger partial charge in [-0.1, -0.05) is 0 Å². The number of aromatic amines is 1. The van der Waals surface area contributed by atoms with Crippen molar-refractivity contribution >= 4 is 26.6 Å². The highest BCUT2D eigenvalue weighted by atomic mass is 32.2. The molecule has 1 aromatic carbocycles. The predicted molar refractivity (Wildman–Crippen MR) is 71.3 cm³/mol. The molecular formula is C12H13N3O2S. The van der Waals surface area contributed by atoms with Crippen LogP contribution in [0.1, 0.15) is 6.42 Å². The molecule has 2 rings (SSSR count). The molecule has 0 spiro atoms. The Balaban J connectivity index is 2.42. The average Bonchev–Trinajstić information content (AvgIpc) is 2.72. The van der Waals surface area contributed by atoms with Crippen LogP contribution in [0, 0.1) is 12.3 Å². The number of hydrogen-bond acceptors (Lipinski definition) is 3. The second-order valence-electron chi connectivity index (χ2n) is 3.81. The third-order valence-corrected chi connectivity index (χ3v) is 4.02. The van der Waals surface area contributed by atoms with Crippen LogP contribution in [0.2, 0.25) is 0 Å². The summed E-state index contributed by atoms with van der Waals surface area (Å²) >= 11 is 0. The summed E-state index contributed by atoms with van der Waals surface area (Å²) in [5.74, 6) is 2.38. The molecule has 0 atom stereocenters. The van der Waals surface area contributed by atoms with Crippen molar-refractivity contribution in [3.8, 4) is 12.3 Å². The molecule has 4 N–H and O–H groups in total. The van der Waals surface area contributed by atoms with Gasteiger partial charge in [-0.15, -0.1) is 12.3 Å². The predicted octanol–water partition coefficient (Wildman–Crippen LogP) is 1.05. The molecule has 0 amide bonds. The fraction of sp³-hybridized carbons (Fsp3) is 0.167. The highest BCUT2D eigenvalue weighted by Gasteiger charge is 2.18. The van der Waals surface area contributed by atoms with Crippen LogP contribution in [-0.2, 0) is 10.0 Å². The van der Waals surface area contributed by atoms with E-state index in [2.05, 4.69) is 15.6 Å². The van der Waals surface area contributed by atoms with E-state index in [0.717, 1.165) is 5.52 Å². The van der Waals surface area contributed by atoms with Crippen molar-refractivity contribution in [2.75, 3.05) is 12.3 Å². The van der Waals surface area contributed by atoms with Crippen LogP contribution in [0.4, 0.5) is 5.69 Å². The summed E-state index contributed by atoms with van der Waals surface area (Å²) in [6, 6.07) is 5.08. The molecule has 0 fully saturated rings. The third kappa shape index (κ3) is 2.32. The van der Waals surface area contributed by atoms with Crippen LogP contribution < -0.4 is 10.5 Å². The van der Waals surface area contributed by atoms with Crippen LogP contribution in [0.15, 0.2) is 29.3 Å². The Labute approximate surface area is 105 Å². The summed E-state index contributed by atoms with van der Waals surface area (Å²) in [5.41, 5.74) is 6.90. The molecule has 0 unspecified atom stereocenters. The van der Waals surface area contributed by atoms with Crippen molar-refractivity contribution < 1.29 is 8.42 Å². The number of fused-ring (bicyclic) bond motifs is 1. The topological polar surface area (TPSA) is 88.0 Å². The van der Waals surface area contributed by atoms with Crippen LogP contribution in [-0.4, -0.2) is 19.9 Å². The smallest absolute Gasteiger partial charge is 0.242 e. The average molecular weight is 263 g/mol. The van der Waals surface area contributed by atoms with E-state index in [1.165, 1.54) is 6.20 Å². The summed E-state index contributed by atoms with van der Waals surface area (Å²) in [4.78, 5) is 3.08. The quantitative estimate of drug-likeness (QED) is 0.437. The SMILES string of the molecule is C#CCCNS(=O)(=O)c1c[nH]c2ccc(N)cc12. The maximum Gasteiger partial charge on any atom is 0.242 e. The van der Waals surface area contributed by atoms with Crippen LogP contribution >= 0.6 is 0 Å². The van der Waals surface area contributed by atoms with Gasteiger partial charge in [0, 0.05) is 35.8 Å². The molecule has 1 heterocycles. The normalized spacial score (nSPS) is 11.5. The summed E-state index contributed by atoms with van der Waals surface area (Å²) < 4.78 is 26.5. The Bertz CT molecular complexity index is 710. The summed E-state index contributed by atoms with van der Waals surface area (Å²) in [6.45, 7) is 0.216. The second-order valence-corrected chi connectivity index (χ2v) is 5.55. The molecule has 0 bridgehead atoms. The first kappa shape index (κ1) is 12.5. The number of terminal acetylenes is 1. The standard InChI is InChI=1S/C12H13N3O2S/c1-2-3-6-15-18(16,17)12-8-14-11-5-4-9(13)7-10(11)12/h1,4-5,7-8,14-15H,3,6,13H2. The van der Waals surface area contributed by atoms with Gasteiger partial charge in [-0.25, -0.2) is 13.1 Å². The number of nitrogen functional groups attached to an aromatic ring is 1. The molecule has 0 aliphatic carbocycles. The third-order valence-electron chi connectivity index (χ3n) is 2.52. The van der Waals surface area contributed by atoms with Gasteiger partial charge >= 0.3 is 0 Å². The number of aromatic nitrogens is 1. The van der Waals surface area contributed by atoms with E-state index >= 15 is 0 Å². The van der Waals surface area contributed by atoms with E-state index in [4.69, 9.17) is 12.2 Å². The lowest BCUT2D eigenvalue weighted by atomic mass is 10.2. The minimum Gasteiger partial charge on any atom is -0.399 e. The fourth-order valence-electron chi connectivity index (χ4n) is 1.67. The van der Waals surface area contributed by atoms with E-state index in [9.17, 15) is 8.42 Å². The van der Waals surface area contributed by atoms with Gasteiger partial charge in [0.25, 0.3) is 0 Å². The van der Waals surface area contributed by atoms with E-state index in [1.54, 1.807) is 18.2 Å². The van der Waals surface area contributed by atoms with Crippen molar-refractivity contribution in [3.05, 3.63) is 24.4 Å². The summed E-state index contributed by atoms with van der Waals surface area (Å²) in [7, 11) is -3.56. The van der Waals surface area contributed by atoms with Crippen LogP contribution in [0.3, 0.4) is 0 Å². The molecule has 1 aromatic heterocycles.